The van der Waals surface area contributed by atoms with E-state index in [1.807, 2.05) is 0 Å². The Bertz CT molecular complexity index is 105. The number of rotatable bonds is 3. The molecule has 11 heavy (non-hydrogen) atoms. The van der Waals surface area contributed by atoms with E-state index in [0.29, 0.717) is 6.42 Å². The molecule has 0 aromatic heterocycles. The predicted molar refractivity (Wildman–Crippen MR) is 38.2 cm³/mol. The van der Waals surface area contributed by atoms with Crippen LogP contribution in [0.2, 0.25) is 0 Å². The van der Waals surface area contributed by atoms with Crippen LogP contribution in [-0.2, 0) is 14.2 Å². The molecule has 0 aromatic rings. The lowest BCUT2D eigenvalue weighted by Crippen LogP contribution is -2.26. The highest BCUT2D eigenvalue weighted by Gasteiger charge is 2.34. The van der Waals surface area contributed by atoms with Crippen LogP contribution < -0.4 is 0 Å². The lowest BCUT2D eigenvalue weighted by molar-refractivity contribution is -0.128. The summed E-state index contributed by atoms with van der Waals surface area (Å²) in [6, 6.07) is 0. The van der Waals surface area contributed by atoms with Gasteiger partial charge in [-0.15, -0.1) is 0 Å². The number of aliphatic hydroxyl groups excluding tert-OH is 1. The van der Waals surface area contributed by atoms with Crippen LogP contribution in [0.5, 0.6) is 0 Å². The topological polar surface area (TPSA) is 47.9 Å². The quantitative estimate of drug-likeness (QED) is 0.622. The van der Waals surface area contributed by atoms with Crippen LogP contribution in [0.1, 0.15) is 6.42 Å². The Morgan fingerprint density at radius 2 is 2.18 bits per heavy atom. The fraction of sp³-hybridized carbons (Fsp3) is 1.00. The van der Waals surface area contributed by atoms with Crippen molar-refractivity contribution < 1.29 is 19.3 Å². The minimum absolute atomic E-state index is 0.0155. The molecule has 1 aliphatic heterocycles. The van der Waals surface area contributed by atoms with Gasteiger partial charge in [0.15, 0.2) is 6.29 Å². The van der Waals surface area contributed by atoms with E-state index < -0.39 is 0 Å². The molecule has 1 rings (SSSR count). The predicted octanol–water partition coefficient (Wildman–Crippen LogP) is -0.245. The number of aliphatic hydroxyl groups is 1. The largest absolute Gasteiger partial charge is 0.394 e. The normalized spacial score (nSPS) is 37.9. The first-order chi connectivity index (χ1) is 5.31. The van der Waals surface area contributed by atoms with Crippen molar-refractivity contribution in [2.45, 2.75) is 24.9 Å². The molecular formula is C7H14O4. The Kier molecular flexibility index (Phi) is 3.26. The molecule has 66 valence electrons. The molecule has 0 amide bonds. The summed E-state index contributed by atoms with van der Waals surface area (Å²) < 4.78 is 15.3. The third-order valence-corrected chi connectivity index (χ3v) is 1.91. The van der Waals surface area contributed by atoms with Crippen LogP contribution >= 0.6 is 0 Å². The van der Waals surface area contributed by atoms with E-state index in [4.69, 9.17) is 19.3 Å². The highest BCUT2D eigenvalue weighted by molar-refractivity contribution is 4.78. The van der Waals surface area contributed by atoms with Gasteiger partial charge in [-0.1, -0.05) is 0 Å². The molecule has 0 saturated carbocycles. The molecule has 0 radical (unpaired) electrons. The van der Waals surface area contributed by atoms with Crippen LogP contribution in [0, 0.1) is 0 Å². The molecule has 1 saturated heterocycles. The van der Waals surface area contributed by atoms with Gasteiger partial charge < -0.3 is 19.3 Å². The van der Waals surface area contributed by atoms with Gasteiger partial charge in [0.2, 0.25) is 0 Å². The molecular weight excluding hydrogens is 148 g/mol. The average Bonchev–Trinajstić information content (AvgIpc) is 2.46. The van der Waals surface area contributed by atoms with Gasteiger partial charge in [0.25, 0.3) is 0 Å². The van der Waals surface area contributed by atoms with Crippen molar-refractivity contribution in [3.05, 3.63) is 0 Å². The smallest absolute Gasteiger partial charge is 0.160 e. The summed E-state index contributed by atoms with van der Waals surface area (Å²) >= 11 is 0. The van der Waals surface area contributed by atoms with E-state index in [2.05, 4.69) is 0 Å². The summed E-state index contributed by atoms with van der Waals surface area (Å²) in [6.07, 6.45) is 0.199. The Labute approximate surface area is 66.1 Å². The maximum atomic E-state index is 8.82. The molecule has 0 aromatic carbocycles. The van der Waals surface area contributed by atoms with Crippen molar-refractivity contribution in [1.82, 2.24) is 0 Å². The van der Waals surface area contributed by atoms with Gasteiger partial charge in [0.1, 0.15) is 6.10 Å². The van der Waals surface area contributed by atoms with Gasteiger partial charge in [0, 0.05) is 20.6 Å². The molecule has 1 aliphatic rings. The first-order valence-electron chi connectivity index (χ1n) is 3.63. The van der Waals surface area contributed by atoms with E-state index in [1.54, 1.807) is 14.2 Å². The standard InChI is InChI=1S/C7H14O4/c1-9-5-3-7(10-2)11-6(5)4-8/h5-8H,3-4H2,1-2H3/t5-,6+,7+/m0/s1. The molecule has 4 nitrogen and oxygen atoms in total. The molecule has 0 bridgehead atoms. The summed E-state index contributed by atoms with van der Waals surface area (Å²) in [5, 5.41) is 8.82. The van der Waals surface area contributed by atoms with Crippen molar-refractivity contribution in [3.63, 3.8) is 0 Å². The molecule has 1 fully saturated rings. The van der Waals surface area contributed by atoms with Gasteiger partial charge >= 0.3 is 0 Å². The second-order valence-electron chi connectivity index (χ2n) is 2.53. The van der Waals surface area contributed by atoms with Gasteiger partial charge in [-0.25, -0.2) is 0 Å². The molecule has 1 heterocycles. The summed E-state index contributed by atoms with van der Waals surface area (Å²) in [4.78, 5) is 0. The van der Waals surface area contributed by atoms with Crippen molar-refractivity contribution in [2.24, 2.45) is 0 Å². The van der Waals surface area contributed by atoms with Crippen molar-refractivity contribution in [1.29, 1.82) is 0 Å². The zero-order valence-corrected chi connectivity index (χ0v) is 6.82. The third kappa shape index (κ3) is 1.90. The number of hydrogen-bond donors (Lipinski definition) is 1. The Hall–Kier alpha value is -0.160. The maximum absolute atomic E-state index is 8.82. The van der Waals surface area contributed by atoms with Crippen molar-refractivity contribution in [2.75, 3.05) is 20.8 Å². The minimum Gasteiger partial charge on any atom is -0.394 e. The summed E-state index contributed by atoms with van der Waals surface area (Å²) in [7, 11) is 3.19. The molecule has 4 heteroatoms. The average molecular weight is 162 g/mol. The Balaban J connectivity index is 2.41. The zero-order valence-electron chi connectivity index (χ0n) is 6.82. The van der Waals surface area contributed by atoms with Crippen LogP contribution in [0.3, 0.4) is 0 Å². The van der Waals surface area contributed by atoms with Crippen molar-refractivity contribution in [3.8, 4) is 0 Å². The van der Waals surface area contributed by atoms with E-state index in [0.717, 1.165) is 0 Å². The fourth-order valence-electron chi connectivity index (χ4n) is 1.24. The zero-order chi connectivity index (χ0) is 8.27. The highest BCUT2D eigenvalue weighted by Crippen LogP contribution is 2.22. The Morgan fingerprint density at radius 3 is 2.55 bits per heavy atom. The van der Waals surface area contributed by atoms with Crippen LogP contribution in [0.4, 0.5) is 0 Å². The molecule has 0 aliphatic carbocycles. The fourth-order valence-corrected chi connectivity index (χ4v) is 1.24. The van der Waals surface area contributed by atoms with Gasteiger partial charge in [-0.3, -0.25) is 0 Å². The number of ether oxygens (including phenoxy) is 3. The second kappa shape index (κ2) is 4.01. The van der Waals surface area contributed by atoms with Gasteiger partial charge in [-0.05, 0) is 0 Å². The monoisotopic (exact) mass is 162 g/mol. The number of hydrogen-bond acceptors (Lipinski definition) is 4. The summed E-state index contributed by atoms with van der Waals surface area (Å²) in [5.74, 6) is 0. The summed E-state index contributed by atoms with van der Waals surface area (Å²) in [6.45, 7) is -0.0155. The Morgan fingerprint density at radius 1 is 1.45 bits per heavy atom. The minimum atomic E-state index is -0.232. The number of methoxy groups -OCH3 is 2. The molecule has 0 spiro atoms. The lowest BCUT2D eigenvalue weighted by Gasteiger charge is -2.12. The second-order valence-corrected chi connectivity index (χ2v) is 2.53. The van der Waals surface area contributed by atoms with Gasteiger partial charge in [-0.2, -0.15) is 0 Å². The van der Waals surface area contributed by atoms with E-state index in [1.165, 1.54) is 0 Å². The molecule has 0 unspecified atom stereocenters. The van der Waals surface area contributed by atoms with E-state index >= 15 is 0 Å². The maximum Gasteiger partial charge on any atom is 0.160 e. The van der Waals surface area contributed by atoms with E-state index in [9.17, 15) is 0 Å². The third-order valence-electron chi connectivity index (χ3n) is 1.91. The first-order valence-corrected chi connectivity index (χ1v) is 3.63. The molecule has 3 atom stereocenters. The van der Waals surface area contributed by atoms with Crippen molar-refractivity contribution >= 4 is 0 Å². The summed E-state index contributed by atoms with van der Waals surface area (Å²) in [5.41, 5.74) is 0. The lowest BCUT2D eigenvalue weighted by atomic mass is 10.2. The van der Waals surface area contributed by atoms with E-state index in [-0.39, 0.29) is 25.1 Å². The molecule has 1 N–H and O–H groups in total. The SMILES string of the molecule is CO[C@H]1C[C@H](OC)[C@@H](CO)O1. The van der Waals surface area contributed by atoms with Crippen LogP contribution in [-0.4, -0.2) is 44.4 Å². The van der Waals surface area contributed by atoms with Gasteiger partial charge in [0.05, 0.1) is 12.7 Å². The first kappa shape index (κ1) is 8.93. The van der Waals surface area contributed by atoms with Crippen LogP contribution in [0.25, 0.3) is 0 Å². The van der Waals surface area contributed by atoms with Crippen LogP contribution in [0.15, 0.2) is 0 Å². The highest BCUT2D eigenvalue weighted by atomic mass is 16.7.